The normalized spacial score (nSPS) is 16.2. The second-order valence-electron chi connectivity index (χ2n) is 2.79. The molecular formula is C9H6F2O4. The highest BCUT2D eigenvalue weighted by atomic mass is 19.3. The summed E-state index contributed by atoms with van der Waals surface area (Å²) in [6, 6.07) is 2.61. The maximum atomic E-state index is 12.7. The van der Waals surface area contributed by atoms with E-state index >= 15 is 0 Å². The summed E-state index contributed by atoms with van der Waals surface area (Å²) in [6.07, 6.45) is -3.35. The Bertz CT molecular complexity index is 417. The molecule has 0 spiro atoms. The van der Waals surface area contributed by atoms with Crippen LogP contribution in [0.4, 0.5) is 8.78 Å². The first-order valence-corrected chi connectivity index (χ1v) is 3.99. The number of rotatable bonds is 2. The smallest absolute Gasteiger partial charge is 0.496 e. The van der Waals surface area contributed by atoms with Crippen molar-refractivity contribution in [2.24, 2.45) is 0 Å². The van der Waals surface area contributed by atoms with Gasteiger partial charge in [-0.1, -0.05) is 0 Å². The average molecular weight is 216 g/mol. The fraction of sp³-hybridized carbons (Fsp3) is 0.222. The maximum absolute atomic E-state index is 12.7. The van der Waals surface area contributed by atoms with Crippen molar-refractivity contribution >= 4 is 6.29 Å². The van der Waals surface area contributed by atoms with E-state index in [0.29, 0.717) is 6.29 Å². The number of hydrogen-bond donors (Lipinski definition) is 0. The Morgan fingerprint density at radius 3 is 2.73 bits per heavy atom. The zero-order valence-corrected chi connectivity index (χ0v) is 7.62. The van der Waals surface area contributed by atoms with Crippen LogP contribution in [-0.2, 0) is 0 Å². The topological polar surface area (TPSA) is 44.8 Å². The Labute approximate surface area is 83.4 Å². The highest BCUT2D eigenvalue weighted by Crippen LogP contribution is 2.45. The molecular weight excluding hydrogens is 210 g/mol. The summed E-state index contributed by atoms with van der Waals surface area (Å²) in [5.74, 6) is -0.317. The average Bonchev–Trinajstić information content (AvgIpc) is 2.50. The molecule has 1 aliphatic heterocycles. The van der Waals surface area contributed by atoms with Crippen LogP contribution in [0.15, 0.2) is 12.1 Å². The van der Waals surface area contributed by atoms with Crippen molar-refractivity contribution in [1.82, 2.24) is 0 Å². The highest BCUT2D eigenvalue weighted by Gasteiger charge is 2.45. The lowest BCUT2D eigenvalue weighted by molar-refractivity contribution is -0.286. The molecule has 80 valence electrons. The number of carbonyl (C=O) groups is 1. The maximum Gasteiger partial charge on any atom is 0.586 e. The zero-order chi connectivity index (χ0) is 11.1. The molecule has 0 aliphatic carbocycles. The van der Waals surface area contributed by atoms with Crippen molar-refractivity contribution < 1.29 is 27.8 Å². The van der Waals surface area contributed by atoms with Crippen molar-refractivity contribution in [2.45, 2.75) is 6.29 Å². The molecule has 0 saturated carbocycles. The van der Waals surface area contributed by atoms with Gasteiger partial charge in [0.15, 0.2) is 17.8 Å². The molecule has 4 nitrogen and oxygen atoms in total. The Hall–Kier alpha value is -1.85. The summed E-state index contributed by atoms with van der Waals surface area (Å²) in [6.45, 7) is 0. The Balaban J connectivity index is 2.55. The molecule has 0 fully saturated rings. The summed E-state index contributed by atoms with van der Waals surface area (Å²) in [7, 11) is 1.32. The highest BCUT2D eigenvalue weighted by molar-refractivity contribution is 5.85. The third kappa shape index (κ3) is 1.47. The number of carbonyl (C=O) groups excluding carboxylic acids is 1. The van der Waals surface area contributed by atoms with Gasteiger partial charge in [0.25, 0.3) is 0 Å². The van der Waals surface area contributed by atoms with Crippen LogP contribution in [0.1, 0.15) is 10.4 Å². The lowest BCUT2D eigenvalue weighted by Crippen LogP contribution is -2.26. The molecule has 0 amide bonds. The van der Waals surface area contributed by atoms with Crippen LogP contribution in [0.3, 0.4) is 0 Å². The largest absolute Gasteiger partial charge is 0.586 e. The quantitative estimate of drug-likeness (QED) is 0.707. The molecule has 0 atom stereocenters. The fourth-order valence-corrected chi connectivity index (χ4v) is 1.30. The summed E-state index contributed by atoms with van der Waals surface area (Å²) in [4.78, 5) is 10.7. The second-order valence-corrected chi connectivity index (χ2v) is 2.79. The molecule has 0 unspecified atom stereocenters. The number of fused-ring (bicyclic) bond motifs is 1. The SMILES string of the molecule is COc1ccc2c(c1C=O)OC(F)(F)O2. The Morgan fingerprint density at radius 1 is 1.40 bits per heavy atom. The summed E-state index contributed by atoms with van der Waals surface area (Å²) in [5, 5.41) is 0. The predicted molar refractivity (Wildman–Crippen MR) is 44.6 cm³/mol. The third-order valence-electron chi connectivity index (χ3n) is 1.91. The predicted octanol–water partition coefficient (Wildman–Crippen LogP) is 1.83. The van der Waals surface area contributed by atoms with Crippen LogP contribution in [-0.4, -0.2) is 19.7 Å². The number of alkyl halides is 2. The molecule has 0 saturated heterocycles. The monoisotopic (exact) mass is 216 g/mol. The lowest BCUT2D eigenvalue weighted by Gasteiger charge is -2.06. The van der Waals surface area contributed by atoms with E-state index in [2.05, 4.69) is 9.47 Å². The first-order valence-electron chi connectivity index (χ1n) is 3.99. The lowest BCUT2D eigenvalue weighted by atomic mass is 10.2. The zero-order valence-electron chi connectivity index (χ0n) is 7.62. The molecule has 0 aromatic heterocycles. The van der Waals surface area contributed by atoms with Gasteiger partial charge in [-0.2, -0.15) is 0 Å². The van der Waals surface area contributed by atoms with Gasteiger partial charge in [0.2, 0.25) is 0 Å². The van der Waals surface area contributed by atoms with Gasteiger partial charge >= 0.3 is 6.29 Å². The van der Waals surface area contributed by atoms with E-state index in [1.54, 1.807) is 0 Å². The minimum atomic E-state index is -3.73. The number of hydrogen-bond acceptors (Lipinski definition) is 4. The van der Waals surface area contributed by atoms with E-state index in [1.165, 1.54) is 19.2 Å². The third-order valence-corrected chi connectivity index (χ3v) is 1.91. The first kappa shape index (κ1) is 9.70. The molecule has 15 heavy (non-hydrogen) atoms. The van der Waals surface area contributed by atoms with Gasteiger partial charge in [-0.05, 0) is 12.1 Å². The minimum Gasteiger partial charge on any atom is -0.496 e. The van der Waals surface area contributed by atoms with E-state index in [0.717, 1.165) is 0 Å². The van der Waals surface area contributed by atoms with Gasteiger partial charge in [-0.25, -0.2) is 0 Å². The summed E-state index contributed by atoms with van der Waals surface area (Å²) in [5.41, 5.74) is -0.0906. The van der Waals surface area contributed by atoms with Gasteiger partial charge < -0.3 is 14.2 Å². The minimum absolute atomic E-state index is 0.0906. The van der Waals surface area contributed by atoms with Gasteiger partial charge in [0.05, 0.1) is 7.11 Å². The Morgan fingerprint density at radius 2 is 2.13 bits per heavy atom. The molecule has 1 aromatic rings. The van der Waals surface area contributed by atoms with Crippen molar-refractivity contribution in [3.8, 4) is 17.2 Å². The Kier molecular flexibility index (Phi) is 1.99. The fourth-order valence-electron chi connectivity index (χ4n) is 1.30. The molecule has 0 N–H and O–H groups in total. The van der Waals surface area contributed by atoms with E-state index in [4.69, 9.17) is 4.74 Å². The van der Waals surface area contributed by atoms with Gasteiger partial charge in [-0.15, -0.1) is 8.78 Å². The molecule has 1 aromatic carbocycles. The van der Waals surface area contributed by atoms with Crippen molar-refractivity contribution in [3.05, 3.63) is 17.7 Å². The number of benzene rings is 1. The van der Waals surface area contributed by atoms with Crippen LogP contribution in [0, 0.1) is 0 Å². The van der Waals surface area contributed by atoms with E-state index < -0.39 is 6.29 Å². The number of halogens is 2. The van der Waals surface area contributed by atoms with Gasteiger partial charge in [0.1, 0.15) is 11.3 Å². The van der Waals surface area contributed by atoms with Crippen LogP contribution in [0.25, 0.3) is 0 Å². The van der Waals surface area contributed by atoms with Crippen LogP contribution in [0.5, 0.6) is 17.2 Å². The van der Waals surface area contributed by atoms with Crippen LogP contribution < -0.4 is 14.2 Å². The van der Waals surface area contributed by atoms with Crippen molar-refractivity contribution in [3.63, 3.8) is 0 Å². The molecule has 6 heteroatoms. The van der Waals surface area contributed by atoms with Crippen molar-refractivity contribution in [1.29, 1.82) is 0 Å². The number of aldehydes is 1. The standard InChI is InChI=1S/C9H6F2O4/c1-13-6-2-3-7-8(5(6)4-12)15-9(10,11)14-7/h2-4H,1H3. The van der Waals surface area contributed by atoms with Crippen LogP contribution >= 0.6 is 0 Å². The van der Waals surface area contributed by atoms with Crippen molar-refractivity contribution in [2.75, 3.05) is 7.11 Å². The molecule has 0 radical (unpaired) electrons. The first-order chi connectivity index (χ1) is 7.07. The molecule has 0 bridgehead atoms. The molecule has 1 aliphatic rings. The summed E-state index contributed by atoms with van der Waals surface area (Å²) < 4.78 is 38.6. The summed E-state index contributed by atoms with van der Waals surface area (Å²) >= 11 is 0. The van der Waals surface area contributed by atoms with E-state index in [1.807, 2.05) is 0 Å². The van der Waals surface area contributed by atoms with Crippen LogP contribution in [0.2, 0.25) is 0 Å². The van der Waals surface area contributed by atoms with Gasteiger partial charge in [-0.3, -0.25) is 4.79 Å². The van der Waals surface area contributed by atoms with E-state index in [9.17, 15) is 13.6 Å². The second kappa shape index (κ2) is 3.08. The van der Waals surface area contributed by atoms with E-state index in [-0.39, 0.29) is 22.8 Å². The molecule has 2 rings (SSSR count). The number of ether oxygens (including phenoxy) is 3. The molecule has 1 heterocycles. The number of methoxy groups -OCH3 is 1. The van der Waals surface area contributed by atoms with Gasteiger partial charge in [0, 0.05) is 0 Å².